The van der Waals surface area contributed by atoms with E-state index >= 15 is 0 Å². The Labute approximate surface area is 170 Å². The SMILES string of the molecule is CCOc1ccc(NC(=O)CNC(=O)c2ccc(S(=O)(=O)NC(C)C)cc2)cc1. The van der Waals surface area contributed by atoms with Crippen molar-refractivity contribution in [3.63, 3.8) is 0 Å². The average molecular weight is 420 g/mol. The molecule has 3 N–H and O–H groups in total. The first-order chi connectivity index (χ1) is 13.7. The van der Waals surface area contributed by atoms with Crippen LogP contribution in [0, 0.1) is 0 Å². The van der Waals surface area contributed by atoms with E-state index in [1.54, 1.807) is 38.1 Å². The number of carbonyl (C=O) groups excluding carboxylic acids is 2. The van der Waals surface area contributed by atoms with Crippen LogP contribution in [-0.2, 0) is 14.8 Å². The van der Waals surface area contributed by atoms with Crippen molar-refractivity contribution in [1.82, 2.24) is 10.0 Å². The smallest absolute Gasteiger partial charge is 0.251 e. The molecule has 0 aliphatic heterocycles. The molecule has 8 nitrogen and oxygen atoms in total. The van der Waals surface area contributed by atoms with E-state index in [0.29, 0.717) is 18.0 Å². The highest BCUT2D eigenvalue weighted by Crippen LogP contribution is 2.15. The van der Waals surface area contributed by atoms with Gasteiger partial charge in [-0.15, -0.1) is 0 Å². The van der Waals surface area contributed by atoms with E-state index in [2.05, 4.69) is 15.4 Å². The number of anilines is 1. The number of hydrogen-bond donors (Lipinski definition) is 3. The second-order valence-electron chi connectivity index (χ2n) is 6.49. The lowest BCUT2D eigenvalue weighted by Gasteiger charge is -2.10. The Morgan fingerprint density at radius 2 is 1.62 bits per heavy atom. The first kappa shape index (κ1) is 22.4. The monoisotopic (exact) mass is 419 g/mol. The quantitative estimate of drug-likeness (QED) is 0.576. The molecule has 0 unspecified atom stereocenters. The van der Waals surface area contributed by atoms with Crippen LogP contribution in [0.3, 0.4) is 0 Å². The van der Waals surface area contributed by atoms with E-state index in [4.69, 9.17) is 4.74 Å². The van der Waals surface area contributed by atoms with Gasteiger partial charge in [-0.2, -0.15) is 0 Å². The largest absolute Gasteiger partial charge is 0.494 e. The van der Waals surface area contributed by atoms with Gasteiger partial charge in [0.1, 0.15) is 5.75 Å². The number of ether oxygens (including phenoxy) is 1. The molecule has 0 heterocycles. The van der Waals surface area contributed by atoms with E-state index in [0.717, 1.165) is 0 Å². The van der Waals surface area contributed by atoms with Gasteiger partial charge in [0.25, 0.3) is 5.91 Å². The molecule has 156 valence electrons. The second kappa shape index (κ2) is 10.0. The van der Waals surface area contributed by atoms with Crippen molar-refractivity contribution in [2.45, 2.75) is 31.7 Å². The lowest BCUT2D eigenvalue weighted by atomic mass is 10.2. The number of benzene rings is 2. The summed E-state index contributed by atoms with van der Waals surface area (Å²) < 4.78 is 32.0. The average Bonchev–Trinajstić information content (AvgIpc) is 2.67. The summed E-state index contributed by atoms with van der Waals surface area (Å²) in [6.45, 7) is 5.66. The van der Waals surface area contributed by atoms with E-state index in [1.807, 2.05) is 6.92 Å². The van der Waals surface area contributed by atoms with Crippen LogP contribution in [0.4, 0.5) is 5.69 Å². The van der Waals surface area contributed by atoms with Crippen LogP contribution in [-0.4, -0.2) is 39.4 Å². The number of rotatable bonds is 9. The molecule has 2 rings (SSSR count). The fourth-order valence-electron chi connectivity index (χ4n) is 2.43. The molecule has 2 aromatic carbocycles. The van der Waals surface area contributed by atoms with Crippen molar-refractivity contribution in [2.75, 3.05) is 18.5 Å². The van der Waals surface area contributed by atoms with Gasteiger partial charge < -0.3 is 15.4 Å². The highest BCUT2D eigenvalue weighted by atomic mass is 32.2. The molecule has 0 aliphatic carbocycles. The molecule has 0 aromatic heterocycles. The maximum Gasteiger partial charge on any atom is 0.251 e. The molecule has 0 bridgehead atoms. The minimum Gasteiger partial charge on any atom is -0.494 e. The molecule has 9 heteroatoms. The Bertz CT molecular complexity index is 939. The minimum absolute atomic E-state index is 0.0657. The molecule has 0 aliphatic rings. The molecule has 0 fully saturated rings. The molecular formula is C20H25N3O5S. The topological polar surface area (TPSA) is 114 Å². The Morgan fingerprint density at radius 3 is 2.17 bits per heavy atom. The summed E-state index contributed by atoms with van der Waals surface area (Å²) in [4.78, 5) is 24.3. The predicted octanol–water partition coefficient (Wildman–Crippen LogP) is 2.14. The lowest BCUT2D eigenvalue weighted by molar-refractivity contribution is -0.115. The van der Waals surface area contributed by atoms with E-state index in [1.165, 1.54) is 24.3 Å². The zero-order chi connectivity index (χ0) is 21.4. The second-order valence-corrected chi connectivity index (χ2v) is 8.20. The van der Waals surface area contributed by atoms with Crippen molar-refractivity contribution in [2.24, 2.45) is 0 Å². The van der Waals surface area contributed by atoms with Gasteiger partial charge >= 0.3 is 0 Å². The molecule has 2 aromatic rings. The summed E-state index contributed by atoms with van der Waals surface area (Å²) in [5.41, 5.74) is 0.835. The normalized spacial score (nSPS) is 11.2. The molecule has 0 radical (unpaired) electrons. The molecule has 0 saturated heterocycles. The molecule has 0 atom stereocenters. The summed E-state index contributed by atoms with van der Waals surface area (Å²) in [7, 11) is -3.62. The van der Waals surface area contributed by atoms with Crippen LogP contribution >= 0.6 is 0 Å². The van der Waals surface area contributed by atoms with Crippen LogP contribution < -0.4 is 20.1 Å². The predicted molar refractivity (Wildman–Crippen MR) is 110 cm³/mol. The maximum atomic E-state index is 12.2. The third kappa shape index (κ3) is 6.88. The number of carbonyl (C=O) groups is 2. The van der Waals surface area contributed by atoms with Gasteiger partial charge in [-0.3, -0.25) is 9.59 Å². The van der Waals surface area contributed by atoms with Crippen LogP contribution in [0.1, 0.15) is 31.1 Å². The van der Waals surface area contributed by atoms with Crippen molar-refractivity contribution >= 4 is 27.5 Å². The fourth-order valence-corrected chi connectivity index (χ4v) is 3.68. The van der Waals surface area contributed by atoms with Crippen molar-refractivity contribution < 1.29 is 22.7 Å². The van der Waals surface area contributed by atoms with Crippen LogP contribution in [0.2, 0.25) is 0 Å². The third-order valence-corrected chi connectivity index (χ3v) is 5.35. The lowest BCUT2D eigenvalue weighted by Crippen LogP contribution is -2.33. The summed E-state index contributed by atoms with van der Waals surface area (Å²) in [6.07, 6.45) is 0. The first-order valence-electron chi connectivity index (χ1n) is 9.14. The highest BCUT2D eigenvalue weighted by molar-refractivity contribution is 7.89. The van der Waals surface area contributed by atoms with Gasteiger partial charge in [0.05, 0.1) is 18.0 Å². The van der Waals surface area contributed by atoms with Crippen LogP contribution in [0.5, 0.6) is 5.75 Å². The van der Waals surface area contributed by atoms with E-state index < -0.39 is 15.9 Å². The zero-order valence-electron chi connectivity index (χ0n) is 16.6. The van der Waals surface area contributed by atoms with Crippen molar-refractivity contribution in [3.8, 4) is 5.75 Å². The Hall–Kier alpha value is -2.91. The Morgan fingerprint density at radius 1 is 1.00 bits per heavy atom. The standard InChI is InChI=1S/C20H25N3O5S/c1-4-28-17-9-7-16(8-10-17)22-19(24)13-21-20(25)15-5-11-18(12-6-15)29(26,27)23-14(2)3/h5-12,14,23H,4,13H2,1-3H3,(H,21,25)(H,22,24). The molecule has 0 spiro atoms. The van der Waals surface area contributed by atoms with Crippen LogP contribution in [0.15, 0.2) is 53.4 Å². The van der Waals surface area contributed by atoms with Crippen molar-refractivity contribution in [1.29, 1.82) is 0 Å². The molecular weight excluding hydrogens is 394 g/mol. The maximum absolute atomic E-state index is 12.2. The van der Waals surface area contributed by atoms with Gasteiger partial charge in [0.2, 0.25) is 15.9 Å². The Balaban J connectivity index is 1.89. The fraction of sp³-hybridized carbons (Fsp3) is 0.300. The number of nitrogens with one attached hydrogen (secondary N) is 3. The van der Waals surface area contributed by atoms with Gasteiger partial charge in [-0.1, -0.05) is 0 Å². The summed E-state index contributed by atoms with van der Waals surface area (Å²) in [5.74, 6) is -0.164. The van der Waals surface area contributed by atoms with Crippen LogP contribution in [0.25, 0.3) is 0 Å². The van der Waals surface area contributed by atoms with E-state index in [9.17, 15) is 18.0 Å². The van der Waals surface area contributed by atoms with Gasteiger partial charge in [0, 0.05) is 17.3 Å². The molecule has 2 amide bonds. The zero-order valence-corrected chi connectivity index (χ0v) is 17.4. The molecule has 29 heavy (non-hydrogen) atoms. The third-order valence-electron chi connectivity index (χ3n) is 3.68. The van der Waals surface area contributed by atoms with Gasteiger partial charge in [-0.05, 0) is 69.3 Å². The number of hydrogen-bond acceptors (Lipinski definition) is 5. The first-order valence-corrected chi connectivity index (χ1v) is 10.6. The highest BCUT2D eigenvalue weighted by Gasteiger charge is 2.16. The number of sulfonamides is 1. The minimum atomic E-state index is -3.62. The van der Waals surface area contributed by atoms with E-state index in [-0.39, 0.29) is 29.0 Å². The van der Waals surface area contributed by atoms with Gasteiger partial charge in [0.15, 0.2) is 0 Å². The molecule has 0 saturated carbocycles. The summed E-state index contributed by atoms with van der Waals surface area (Å²) in [5, 5.41) is 5.17. The summed E-state index contributed by atoms with van der Waals surface area (Å²) >= 11 is 0. The summed E-state index contributed by atoms with van der Waals surface area (Å²) in [6, 6.07) is 12.1. The van der Waals surface area contributed by atoms with Gasteiger partial charge in [-0.25, -0.2) is 13.1 Å². The number of amides is 2. The van der Waals surface area contributed by atoms with Crippen molar-refractivity contribution in [3.05, 3.63) is 54.1 Å². The Kier molecular flexibility index (Phi) is 7.74.